The van der Waals surface area contributed by atoms with Gasteiger partial charge in [0.25, 0.3) is 0 Å². The van der Waals surface area contributed by atoms with Crippen LogP contribution < -0.4 is 5.32 Å². The Morgan fingerprint density at radius 2 is 2.50 bits per heavy atom. The van der Waals surface area contributed by atoms with E-state index in [0.717, 1.165) is 16.8 Å². The van der Waals surface area contributed by atoms with Gasteiger partial charge in [-0.25, -0.2) is 0 Å². The lowest BCUT2D eigenvalue weighted by atomic mass is 10.2. The molecule has 0 unspecified atom stereocenters. The van der Waals surface area contributed by atoms with Gasteiger partial charge in [0.05, 0.1) is 12.6 Å². The number of rotatable bonds is 4. The summed E-state index contributed by atoms with van der Waals surface area (Å²) in [4.78, 5) is 11.6. The van der Waals surface area contributed by atoms with Crippen LogP contribution in [0.15, 0.2) is 23.0 Å². The van der Waals surface area contributed by atoms with Gasteiger partial charge in [-0.15, -0.1) is 0 Å². The Hall–Kier alpha value is -1.62. The number of aryl methyl sites for hydroxylation is 1. The Morgan fingerprint density at radius 3 is 3.12 bits per heavy atom. The highest BCUT2D eigenvalue weighted by atomic mass is 32.1. The first-order chi connectivity index (χ1) is 7.75. The van der Waals surface area contributed by atoms with Crippen molar-refractivity contribution >= 4 is 17.2 Å². The maximum absolute atomic E-state index is 11.6. The summed E-state index contributed by atoms with van der Waals surface area (Å²) in [6.45, 7) is 2.47. The molecule has 0 aliphatic rings. The number of H-pyrrole nitrogens is 1. The Bertz CT molecular complexity index is 461. The first kappa shape index (κ1) is 10.9. The number of carbonyl (C=O) groups excluding carboxylic acids is 1. The SMILES string of the molecule is Cc1[nH]ncc1CNC(=O)Cc1ccsc1. The van der Waals surface area contributed by atoms with Crippen molar-refractivity contribution in [2.24, 2.45) is 0 Å². The molecule has 0 bridgehead atoms. The van der Waals surface area contributed by atoms with Crippen molar-refractivity contribution in [2.75, 3.05) is 0 Å². The van der Waals surface area contributed by atoms with Crippen molar-refractivity contribution in [1.82, 2.24) is 15.5 Å². The summed E-state index contributed by atoms with van der Waals surface area (Å²) in [6.07, 6.45) is 2.18. The molecule has 4 nitrogen and oxygen atoms in total. The molecule has 2 rings (SSSR count). The lowest BCUT2D eigenvalue weighted by molar-refractivity contribution is -0.120. The first-order valence-electron chi connectivity index (χ1n) is 5.02. The average molecular weight is 235 g/mol. The van der Waals surface area contributed by atoms with E-state index in [1.807, 2.05) is 23.8 Å². The lowest BCUT2D eigenvalue weighted by Gasteiger charge is -2.03. The summed E-state index contributed by atoms with van der Waals surface area (Å²) in [5, 5.41) is 13.6. The molecule has 2 aromatic heterocycles. The fraction of sp³-hybridized carbons (Fsp3) is 0.273. The van der Waals surface area contributed by atoms with E-state index in [0.29, 0.717) is 13.0 Å². The molecule has 0 saturated heterocycles. The molecule has 2 aromatic rings. The van der Waals surface area contributed by atoms with Gasteiger partial charge in [-0.3, -0.25) is 9.89 Å². The van der Waals surface area contributed by atoms with Crippen molar-refractivity contribution in [3.8, 4) is 0 Å². The third-order valence-electron chi connectivity index (χ3n) is 2.36. The molecule has 0 aliphatic heterocycles. The highest BCUT2D eigenvalue weighted by Crippen LogP contribution is 2.07. The number of nitrogens with zero attached hydrogens (tertiary/aromatic N) is 1. The molecular formula is C11H13N3OS. The second-order valence-corrected chi connectivity index (χ2v) is 4.39. The predicted octanol–water partition coefficient (Wildman–Crippen LogP) is 1.64. The summed E-state index contributed by atoms with van der Waals surface area (Å²) in [7, 11) is 0. The van der Waals surface area contributed by atoms with Gasteiger partial charge in [0.15, 0.2) is 0 Å². The van der Waals surface area contributed by atoms with Crippen LogP contribution in [0.3, 0.4) is 0 Å². The van der Waals surface area contributed by atoms with Crippen LogP contribution in [0.25, 0.3) is 0 Å². The zero-order valence-corrected chi connectivity index (χ0v) is 9.80. The van der Waals surface area contributed by atoms with E-state index in [-0.39, 0.29) is 5.91 Å². The molecule has 2 N–H and O–H groups in total. The summed E-state index contributed by atoms with van der Waals surface area (Å²) in [6, 6.07) is 1.97. The molecule has 5 heteroatoms. The minimum absolute atomic E-state index is 0.0407. The van der Waals surface area contributed by atoms with Crippen LogP contribution in [0.4, 0.5) is 0 Å². The second-order valence-electron chi connectivity index (χ2n) is 3.61. The van der Waals surface area contributed by atoms with Crippen LogP contribution in [-0.4, -0.2) is 16.1 Å². The number of amides is 1. The van der Waals surface area contributed by atoms with Gasteiger partial charge >= 0.3 is 0 Å². The topological polar surface area (TPSA) is 57.8 Å². The minimum Gasteiger partial charge on any atom is -0.352 e. The summed E-state index contributed by atoms with van der Waals surface area (Å²) in [5.41, 5.74) is 3.08. The number of carbonyl (C=O) groups is 1. The zero-order chi connectivity index (χ0) is 11.4. The number of hydrogen-bond acceptors (Lipinski definition) is 3. The summed E-state index contributed by atoms with van der Waals surface area (Å²) < 4.78 is 0. The first-order valence-corrected chi connectivity index (χ1v) is 5.96. The quantitative estimate of drug-likeness (QED) is 0.846. The van der Waals surface area contributed by atoms with Crippen LogP contribution in [0.5, 0.6) is 0 Å². The molecule has 16 heavy (non-hydrogen) atoms. The molecule has 0 atom stereocenters. The number of nitrogens with one attached hydrogen (secondary N) is 2. The molecule has 0 saturated carbocycles. The molecule has 84 valence electrons. The summed E-state index contributed by atoms with van der Waals surface area (Å²) in [5.74, 6) is 0.0407. The highest BCUT2D eigenvalue weighted by Gasteiger charge is 2.05. The molecule has 1 amide bonds. The van der Waals surface area contributed by atoms with E-state index >= 15 is 0 Å². The molecule has 0 aromatic carbocycles. The minimum atomic E-state index is 0.0407. The number of hydrogen-bond donors (Lipinski definition) is 2. The molecule has 0 aliphatic carbocycles. The van der Waals surface area contributed by atoms with E-state index in [1.165, 1.54) is 0 Å². The number of aromatic nitrogens is 2. The third kappa shape index (κ3) is 2.70. The fourth-order valence-corrected chi connectivity index (χ4v) is 2.06. The normalized spacial score (nSPS) is 10.3. The Kier molecular flexibility index (Phi) is 3.36. The van der Waals surface area contributed by atoms with Crippen LogP contribution in [-0.2, 0) is 17.8 Å². The maximum atomic E-state index is 11.6. The predicted molar refractivity (Wildman–Crippen MR) is 63.2 cm³/mol. The van der Waals surface area contributed by atoms with Crippen LogP contribution in [0, 0.1) is 6.92 Å². The zero-order valence-electron chi connectivity index (χ0n) is 8.99. The Morgan fingerprint density at radius 1 is 1.62 bits per heavy atom. The van der Waals surface area contributed by atoms with Crippen molar-refractivity contribution < 1.29 is 4.79 Å². The monoisotopic (exact) mass is 235 g/mol. The van der Waals surface area contributed by atoms with E-state index in [1.54, 1.807) is 17.5 Å². The van der Waals surface area contributed by atoms with E-state index in [9.17, 15) is 4.79 Å². The second kappa shape index (κ2) is 4.94. The van der Waals surface area contributed by atoms with E-state index < -0.39 is 0 Å². The molecular weight excluding hydrogens is 222 g/mol. The van der Waals surface area contributed by atoms with E-state index in [4.69, 9.17) is 0 Å². The van der Waals surface area contributed by atoms with Gasteiger partial charge in [-0.2, -0.15) is 16.4 Å². The van der Waals surface area contributed by atoms with Gasteiger partial charge in [0.1, 0.15) is 0 Å². The number of aromatic amines is 1. The largest absolute Gasteiger partial charge is 0.352 e. The standard InChI is InChI=1S/C11H13N3OS/c1-8-10(6-13-14-8)5-12-11(15)4-9-2-3-16-7-9/h2-3,6-7H,4-5H2,1H3,(H,12,15)(H,13,14). The molecule has 0 spiro atoms. The average Bonchev–Trinajstić information content (AvgIpc) is 2.87. The van der Waals surface area contributed by atoms with Gasteiger partial charge in [-0.1, -0.05) is 0 Å². The lowest BCUT2D eigenvalue weighted by Crippen LogP contribution is -2.24. The van der Waals surface area contributed by atoms with Crippen LogP contribution in [0.1, 0.15) is 16.8 Å². The highest BCUT2D eigenvalue weighted by molar-refractivity contribution is 7.07. The smallest absolute Gasteiger partial charge is 0.224 e. The fourth-order valence-electron chi connectivity index (χ4n) is 1.39. The van der Waals surface area contributed by atoms with Gasteiger partial charge in [0, 0.05) is 17.8 Å². The van der Waals surface area contributed by atoms with E-state index in [2.05, 4.69) is 15.5 Å². The van der Waals surface area contributed by atoms with Crippen molar-refractivity contribution in [2.45, 2.75) is 19.9 Å². The van der Waals surface area contributed by atoms with Crippen molar-refractivity contribution in [1.29, 1.82) is 0 Å². The molecule has 2 heterocycles. The molecule has 0 radical (unpaired) electrons. The van der Waals surface area contributed by atoms with Gasteiger partial charge in [-0.05, 0) is 29.3 Å². The van der Waals surface area contributed by atoms with Gasteiger partial charge < -0.3 is 5.32 Å². The number of thiophene rings is 1. The van der Waals surface area contributed by atoms with Crippen molar-refractivity contribution in [3.05, 3.63) is 39.8 Å². The summed E-state index contributed by atoms with van der Waals surface area (Å²) >= 11 is 1.60. The van der Waals surface area contributed by atoms with Gasteiger partial charge in [0.2, 0.25) is 5.91 Å². The Balaban J connectivity index is 1.82. The maximum Gasteiger partial charge on any atom is 0.224 e. The molecule has 0 fully saturated rings. The third-order valence-corrected chi connectivity index (χ3v) is 3.09. The Labute approximate surface area is 97.7 Å². The van der Waals surface area contributed by atoms with Crippen LogP contribution in [0.2, 0.25) is 0 Å². The van der Waals surface area contributed by atoms with Crippen molar-refractivity contribution in [3.63, 3.8) is 0 Å². The van der Waals surface area contributed by atoms with Crippen LogP contribution >= 0.6 is 11.3 Å².